The van der Waals surface area contributed by atoms with Gasteiger partial charge in [0.1, 0.15) is 0 Å². The van der Waals surface area contributed by atoms with Crippen molar-refractivity contribution >= 4 is 15.7 Å². The van der Waals surface area contributed by atoms with E-state index in [-0.39, 0.29) is 11.4 Å². The first kappa shape index (κ1) is 14.5. The number of aryl methyl sites for hydroxylation is 1. The van der Waals surface area contributed by atoms with Gasteiger partial charge in [-0.2, -0.15) is 0 Å². The summed E-state index contributed by atoms with van der Waals surface area (Å²) in [6.45, 7) is 4.62. The first-order chi connectivity index (χ1) is 9.51. The monoisotopic (exact) mass is 295 g/mol. The Morgan fingerprint density at radius 1 is 1.25 bits per heavy atom. The van der Waals surface area contributed by atoms with Crippen molar-refractivity contribution in [2.45, 2.75) is 25.3 Å². The second kappa shape index (κ2) is 6.06. The smallest absolute Gasteiger partial charge is 0.240 e. The molecule has 1 aromatic heterocycles. The Labute approximate surface area is 118 Å². The van der Waals surface area contributed by atoms with E-state index in [1.165, 1.54) is 0 Å². The molecule has 0 amide bonds. The number of rotatable bonds is 6. The molecule has 0 radical (unpaired) electrons. The van der Waals surface area contributed by atoms with E-state index >= 15 is 0 Å². The van der Waals surface area contributed by atoms with Crippen LogP contribution in [0.25, 0.3) is 0 Å². The average molecular weight is 295 g/mol. The van der Waals surface area contributed by atoms with Crippen LogP contribution in [0.2, 0.25) is 0 Å². The molecule has 0 aliphatic heterocycles. The number of anilines is 1. The lowest BCUT2D eigenvalue weighted by molar-refractivity contribution is 0.377. The van der Waals surface area contributed by atoms with E-state index in [1.807, 2.05) is 6.92 Å². The van der Waals surface area contributed by atoms with Gasteiger partial charge in [-0.3, -0.25) is 0 Å². The van der Waals surface area contributed by atoms with Crippen LogP contribution in [-0.2, 0) is 16.6 Å². The van der Waals surface area contributed by atoms with Crippen molar-refractivity contribution in [1.29, 1.82) is 0 Å². The van der Waals surface area contributed by atoms with Gasteiger partial charge in [0.2, 0.25) is 10.0 Å². The molecule has 0 spiro atoms. The van der Waals surface area contributed by atoms with Crippen molar-refractivity contribution in [2.24, 2.45) is 0 Å². The van der Waals surface area contributed by atoms with Crippen LogP contribution in [-0.4, -0.2) is 20.1 Å². The largest absolute Gasteiger partial charge is 0.385 e. The molecule has 0 atom stereocenters. The van der Waals surface area contributed by atoms with Crippen LogP contribution >= 0.6 is 0 Å². The maximum atomic E-state index is 12.1. The van der Waals surface area contributed by atoms with Crippen molar-refractivity contribution in [3.05, 3.63) is 41.8 Å². The summed E-state index contributed by atoms with van der Waals surface area (Å²) in [7, 11) is -3.55. The van der Waals surface area contributed by atoms with E-state index in [9.17, 15) is 8.42 Å². The van der Waals surface area contributed by atoms with Crippen LogP contribution in [0.5, 0.6) is 0 Å². The minimum atomic E-state index is -3.55. The minimum Gasteiger partial charge on any atom is -0.385 e. The fraction of sp³-hybridized carbons (Fsp3) is 0.308. The highest BCUT2D eigenvalue weighted by molar-refractivity contribution is 7.89. The molecule has 0 fully saturated rings. The third-order valence-electron chi connectivity index (χ3n) is 2.66. The van der Waals surface area contributed by atoms with Crippen LogP contribution in [0.1, 0.15) is 18.4 Å². The molecule has 7 heteroatoms. The van der Waals surface area contributed by atoms with E-state index in [1.54, 1.807) is 37.3 Å². The summed E-state index contributed by atoms with van der Waals surface area (Å²) >= 11 is 0. The first-order valence-corrected chi connectivity index (χ1v) is 7.75. The minimum absolute atomic E-state index is 0.0815. The Morgan fingerprint density at radius 3 is 2.50 bits per heavy atom. The Balaban J connectivity index is 2.05. The summed E-state index contributed by atoms with van der Waals surface area (Å²) in [6, 6.07) is 8.28. The van der Waals surface area contributed by atoms with E-state index in [0.717, 1.165) is 12.2 Å². The number of hydrogen-bond acceptors (Lipinski definition) is 5. The molecular weight excluding hydrogens is 278 g/mol. The molecule has 0 saturated carbocycles. The Bertz CT molecular complexity index is 662. The van der Waals surface area contributed by atoms with E-state index in [0.29, 0.717) is 11.5 Å². The summed E-state index contributed by atoms with van der Waals surface area (Å²) < 4.78 is 31.6. The first-order valence-electron chi connectivity index (χ1n) is 6.27. The maximum Gasteiger partial charge on any atom is 0.240 e. The average Bonchev–Trinajstić information content (AvgIpc) is 2.84. The van der Waals surface area contributed by atoms with Gasteiger partial charge in [0.15, 0.2) is 5.76 Å². The van der Waals surface area contributed by atoms with Gasteiger partial charge in [-0.1, -0.05) is 5.16 Å². The Morgan fingerprint density at radius 2 is 1.95 bits per heavy atom. The van der Waals surface area contributed by atoms with E-state index in [2.05, 4.69) is 15.2 Å². The van der Waals surface area contributed by atoms with Crippen LogP contribution in [0.4, 0.5) is 5.69 Å². The van der Waals surface area contributed by atoms with E-state index < -0.39 is 10.0 Å². The van der Waals surface area contributed by atoms with E-state index in [4.69, 9.17) is 4.52 Å². The quantitative estimate of drug-likeness (QED) is 0.850. The molecular formula is C13H17N3O3S. The highest BCUT2D eigenvalue weighted by Crippen LogP contribution is 2.14. The SMILES string of the molecule is CCNc1ccc(S(=O)(=O)NCc2cc(C)no2)cc1. The topological polar surface area (TPSA) is 84.2 Å². The summed E-state index contributed by atoms with van der Waals surface area (Å²) in [4.78, 5) is 0.218. The van der Waals surface area contributed by atoms with Crippen LogP contribution in [0.15, 0.2) is 39.8 Å². The van der Waals surface area contributed by atoms with Gasteiger partial charge in [-0.15, -0.1) is 0 Å². The highest BCUT2D eigenvalue weighted by atomic mass is 32.2. The van der Waals surface area contributed by atoms with Crippen LogP contribution < -0.4 is 10.0 Å². The number of hydrogen-bond donors (Lipinski definition) is 2. The molecule has 6 nitrogen and oxygen atoms in total. The van der Waals surface area contributed by atoms with Gasteiger partial charge in [-0.25, -0.2) is 13.1 Å². The lowest BCUT2D eigenvalue weighted by atomic mass is 10.3. The molecule has 108 valence electrons. The van der Waals surface area contributed by atoms with Crippen molar-refractivity contribution in [2.75, 3.05) is 11.9 Å². The molecule has 1 heterocycles. The molecule has 0 aliphatic carbocycles. The Hall–Kier alpha value is -1.86. The van der Waals surface area contributed by atoms with Crippen molar-refractivity contribution in [1.82, 2.24) is 9.88 Å². The molecule has 2 aromatic rings. The number of sulfonamides is 1. The predicted octanol–water partition coefficient (Wildman–Crippen LogP) is 1.89. The molecule has 20 heavy (non-hydrogen) atoms. The molecule has 0 bridgehead atoms. The molecule has 2 N–H and O–H groups in total. The molecule has 2 rings (SSSR count). The molecule has 0 saturated heterocycles. The third-order valence-corrected chi connectivity index (χ3v) is 4.08. The van der Waals surface area contributed by atoms with Gasteiger partial charge in [0.25, 0.3) is 0 Å². The predicted molar refractivity (Wildman–Crippen MR) is 75.9 cm³/mol. The van der Waals surface area contributed by atoms with Crippen molar-refractivity contribution < 1.29 is 12.9 Å². The lowest BCUT2D eigenvalue weighted by Crippen LogP contribution is -2.23. The Kier molecular flexibility index (Phi) is 4.41. The molecule has 1 aromatic carbocycles. The molecule has 0 aliphatic rings. The number of aromatic nitrogens is 1. The standard InChI is InChI=1S/C13H17N3O3S/c1-3-14-11-4-6-13(7-5-11)20(17,18)15-9-12-8-10(2)16-19-12/h4-8,14-15H,3,9H2,1-2H3. The van der Waals surface area contributed by atoms with Crippen LogP contribution in [0.3, 0.4) is 0 Å². The second-order valence-corrected chi connectivity index (χ2v) is 6.08. The number of nitrogens with one attached hydrogen (secondary N) is 2. The zero-order chi connectivity index (χ0) is 14.6. The lowest BCUT2D eigenvalue weighted by Gasteiger charge is -2.07. The highest BCUT2D eigenvalue weighted by Gasteiger charge is 2.14. The van der Waals surface area contributed by atoms with Gasteiger partial charge in [0, 0.05) is 18.3 Å². The van der Waals surface area contributed by atoms with Gasteiger partial charge < -0.3 is 9.84 Å². The summed E-state index contributed by atoms with van der Waals surface area (Å²) in [5, 5.41) is 6.81. The van der Waals surface area contributed by atoms with Gasteiger partial charge in [-0.05, 0) is 38.1 Å². The normalized spacial score (nSPS) is 11.5. The zero-order valence-electron chi connectivity index (χ0n) is 11.4. The fourth-order valence-electron chi connectivity index (χ4n) is 1.71. The summed E-state index contributed by atoms with van der Waals surface area (Å²) in [5.74, 6) is 0.482. The number of nitrogens with zero attached hydrogens (tertiary/aromatic N) is 1. The molecule has 0 unspecified atom stereocenters. The van der Waals surface area contributed by atoms with Crippen LogP contribution in [0, 0.1) is 6.92 Å². The number of benzene rings is 1. The fourth-order valence-corrected chi connectivity index (χ4v) is 2.70. The third kappa shape index (κ3) is 3.58. The van der Waals surface area contributed by atoms with Crippen molar-refractivity contribution in [3.8, 4) is 0 Å². The van der Waals surface area contributed by atoms with Crippen molar-refractivity contribution in [3.63, 3.8) is 0 Å². The van der Waals surface area contributed by atoms with Gasteiger partial charge in [0.05, 0.1) is 17.1 Å². The summed E-state index contributed by atoms with van der Waals surface area (Å²) in [5.41, 5.74) is 1.60. The second-order valence-electron chi connectivity index (χ2n) is 4.31. The van der Waals surface area contributed by atoms with Gasteiger partial charge >= 0.3 is 0 Å². The maximum absolute atomic E-state index is 12.1. The summed E-state index contributed by atoms with van der Waals surface area (Å²) in [6.07, 6.45) is 0. The zero-order valence-corrected chi connectivity index (χ0v) is 12.2.